The molecule has 1 fully saturated rings. The highest BCUT2D eigenvalue weighted by molar-refractivity contribution is 7.89. The van der Waals surface area contributed by atoms with Crippen LogP contribution in [0.5, 0.6) is 5.75 Å². The summed E-state index contributed by atoms with van der Waals surface area (Å²) in [6.45, 7) is 2.65. The molecule has 2 atom stereocenters. The summed E-state index contributed by atoms with van der Waals surface area (Å²) in [4.78, 5) is 0. The van der Waals surface area contributed by atoms with E-state index in [0.29, 0.717) is 30.9 Å². The Morgan fingerprint density at radius 3 is 2.76 bits per heavy atom. The summed E-state index contributed by atoms with van der Waals surface area (Å²) in [5.41, 5.74) is 6.21. The molecule has 0 bridgehead atoms. The Kier molecular flexibility index (Phi) is 5.44. The second-order valence-corrected chi connectivity index (χ2v) is 7.13. The second-order valence-electron chi connectivity index (χ2n) is 5.26. The van der Waals surface area contributed by atoms with E-state index in [4.69, 9.17) is 15.2 Å². The molecule has 7 heteroatoms. The molecule has 6 nitrogen and oxygen atoms in total. The maximum atomic E-state index is 12.0. The van der Waals surface area contributed by atoms with Crippen molar-refractivity contribution in [1.29, 1.82) is 0 Å². The smallest absolute Gasteiger partial charge is 0.215 e. The first-order chi connectivity index (χ1) is 9.94. The molecule has 118 valence electrons. The Morgan fingerprint density at radius 2 is 2.10 bits per heavy atom. The van der Waals surface area contributed by atoms with Crippen LogP contribution in [0.4, 0.5) is 5.69 Å². The van der Waals surface area contributed by atoms with E-state index in [2.05, 4.69) is 4.72 Å². The van der Waals surface area contributed by atoms with Gasteiger partial charge in [-0.15, -0.1) is 0 Å². The number of rotatable bonds is 6. The summed E-state index contributed by atoms with van der Waals surface area (Å²) in [6, 6.07) is 6.82. The average Bonchev–Trinajstić information content (AvgIpc) is 2.40. The fraction of sp³-hybridized carbons (Fsp3) is 0.571. The van der Waals surface area contributed by atoms with Gasteiger partial charge in [0.1, 0.15) is 12.4 Å². The highest BCUT2D eigenvalue weighted by Crippen LogP contribution is 2.15. The molecule has 1 saturated heterocycles. The van der Waals surface area contributed by atoms with Gasteiger partial charge in [-0.2, -0.15) is 0 Å². The Balaban J connectivity index is 1.77. The van der Waals surface area contributed by atoms with Gasteiger partial charge in [0.25, 0.3) is 0 Å². The van der Waals surface area contributed by atoms with Crippen LogP contribution in [-0.4, -0.2) is 39.5 Å². The van der Waals surface area contributed by atoms with Crippen molar-refractivity contribution in [3.05, 3.63) is 24.3 Å². The molecule has 2 rings (SSSR count). The summed E-state index contributed by atoms with van der Waals surface area (Å²) in [5, 5.41) is 0. The number of nitrogens with one attached hydrogen (secondary N) is 1. The van der Waals surface area contributed by atoms with Crippen LogP contribution in [0.3, 0.4) is 0 Å². The van der Waals surface area contributed by atoms with Crippen molar-refractivity contribution < 1.29 is 17.9 Å². The van der Waals surface area contributed by atoms with E-state index in [1.165, 1.54) is 0 Å². The van der Waals surface area contributed by atoms with Gasteiger partial charge in [-0.1, -0.05) is 0 Å². The van der Waals surface area contributed by atoms with Gasteiger partial charge in [0.2, 0.25) is 10.0 Å². The Morgan fingerprint density at radius 1 is 1.38 bits per heavy atom. The molecular formula is C14H22N2O4S. The first-order valence-electron chi connectivity index (χ1n) is 7.04. The van der Waals surface area contributed by atoms with Crippen molar-refractivity contribution in [2.24, 2.45) is 0 Å². The maximum Gasteiger partial charge on any atom is 0.215 e. The Labute approximate surface area is 125 Å². The van der Waals surface area contributed by atoms with E-state index < -0.39 is 10.0 Å². The number of ether oxygens (including phenoxy) is 2. The lowest BCUT2D eigenvalue weighted by molar-refractivity contribution is 0.0173. The fourth-order valence-corrected chi connectivity index (χ4v) is 3.39. The van der Waals surface area contributed by atoms with E-state index in [1.807, 2.05) is 6.92 Å². The van der Waals surface area contributed by atoms with Crippen molar-refractivity contribution in [2.45, 2.75) is 31.9 Å². The van der Waals surface area contributed by atoms with E-state index >= 15 is 0 Å². The van der Waals surface area contributed by atoms with Crippen LogP contribution in [-0.2, 0) is 14.8 Å². The number of hydrogen-bond acceptors (Lipinski definition) is 5. The van der Waals surface area contributed by atoms with E-state index in [9.17, 15) is 8.42 Å². The van der Waals surface area contributed by atoms with Crippen LogP contribution in [0, 0.1) is 0 Å². The lowest BCUT2D eigenvalue weighted by Gasteiger charge is -2.27. The minimum Gasteiger partial charge on any atom is -0.492 e. The number of anilines is 1. The number of hydrogen-bond donors (Lipinski definition) is 2. The summed E-state index contributed by atoms with van der Waals surface area (Å²) in [6.07, 6.45) is 1.51. The number of nitrogens with two attached hydrogens (primary N) is 1. The normalized spacial score (nSPS) is 22.9. The third kappa shape index (κ3) is 5.53. The molecule has 1 aliphatic rings. The van der Waals surface area contributed by atoms with Crippen molar-refractivity contribution in [1.82, 2.24) is 4.72 Å². The molecule has 0 spiro atoms. The Bertz CT molecular complexity index is 545. The van der Waals surface area contributed by atoms with Gasteiger partial charge < -0.3 is 15.2 Å². The molecule has 0 aromatic heterocycles. The standard InChI is InChI=1S/C14H22N2O4S/c1-11-10-13(6-7-19-11)16-21(17,18)9-8-20-14-4-2-12(15)3-5-14/h2-5,11,13,16H,6-10,15H2,1H3. The first kappa shape index (κ1) is 16.1. The minimum atomic E-state index is -3.34. The second kappa shape index (κ2) is 7.11. The summed E-state index contributed by atoms with van der Waals surface area (Å²) >= 11 is 0. The lowest BCUT2D eigenvalue weighted by Crippen LogP contribution is -2.42. The van der Waals surface area contributed by atoms with Gasteiger partial charge >= 0.3 is 0 Å². The minimum absolute atomic E-state index is 0.0460. The number of nitrogen functional groups attached to an aromatic ring is 1. The maximum absolute atomic E-state index is 12.0. The van der Waals surface area contributed by atoms with Crippen molar-refractivity contribution in [3.8, 4) is 5.75 Å². The fourth-order valence-electron chi connectivity index (χ4n) is 2.25. The molecule has 0 aliphatic carbocycles. The SMILES string of the molecule is CC1CC(NS(=O)(=O)CCOc2ccc(N)cc2)CCO1. The van der Waals surface area contributed by atoms with E-state index in [0.717, 1.165) is 0 Å². The van der Waals surface area contributed by atoms with Gasteiger partial charge in [-0.25, -0.2) is 13.1 Å². The molecule has 1 aliphatic heterocycles. The van der Waals surface area contributed by atoms with Gasteiger partial charge in [-0.05, 0) is 44.0 Å². The summed E-state index contributed by atoms with van der Waals surface area (Å²) < 4.78 is 37.5. The monoisotopic (exact) mass is 314 g/mol. The molecular weight excluding hydrogens is 292 g/mol. The van der Waals surface area contributed by atoms with Crippen LogP contribution in [0.25, 0.3) is 0 Å². The van der Waals surface area contributed by atoms with E-state index in [-0.39, 0.29) is 24.5 Å². The molecule has 3 N–H and O–H groups in total. The van der Waals surface area contributed by atoms with Crippen molar-refractivity contribution in [2.75, 3.05) is 24.7 Å². The van der Waals surface area contributed by atoms with Gasteiger partial charge in [0.05, 0.1) is 11.9 Å². The van der Waals surface area contributed by atoms with Crippen LogP contribution in [0.1, 0.15) is 19.8 Å². The molecule has 1 heterocycles. The summed E-state index contributed by atoms with van der Waals surface area (Å²) in [7, 11) is -3.34. The van der Waals surface area contributed by atoms with E-state index in [1.54, 1.807) is 24.3 Å². The molecule has 0 amide bonds. The first-order valence-corrected chi connectivity index (χ1v) is 8.70. The average molecular weight is 314 g/mol. The van der Waals surface area contributed by atoms with Gasteiger partial charge in [0.15, 0.2) is 0 Å². The topological polar surface area (TPSA) is 90.7 Å². The highest BCUT2D eigenvalue weighted by Gasteiger charge is 2.23. The van der Waals surface area contributed by atoms with Crippen LogP contribution < -0.4 is 15.2 Å². The summed E-state index contributed by atoms with van der Waals surface area (Å²) in [5.74, 6) is 0.544. The molecule has 1 aromatic carbocycles. The molecule has 1 aromatic rings. The highest BCUT2D eigenvalue weighted by atomic mass is 32.2. The zero-order valence-corrected chi connectivity index (χ0v) is 12.9. The van der Waals surface area contributed by atoms with Gasteiger partial charge in [0, 0.05) is 18.3 Å². The quantitative estimate of drug-likeness (QED) is 0.768. The third-order valence-corrected chi connectivity index (χ3v) is 4.73. The number of sulfonamides is 1. The van der Waals surface area contributed by atoms with Crippen LogP contribution >= 0.6 is 0 Å². The van der Waals surface area contributed by atoms with Gasteiger partial charge in [-0.3, -0.25) is 0 Å². The van der Waals surface area contributed by atoms with Crippen molar-refractivity contribution in [3.63, 3.8) is 0 Å². The zero-order valence-electron chi connectivity index (χ0n) is 12.1. The Hall–Kier alpha value is -1.31. The largest absolute Gasteiger partial charge is 0.492 e. The predicted molar refractivity (Wildman–Crippen MR) is 81.7 cm³/mol. The lowest BCUT2D eigenvalue weighted by atomic mass is 10.1. The third-order valence-electron chi connectivity index (χ3n) is 3.33. The molecule has 0 radical (unpaired) electrons. The van der Waals surface area contributed by atoms with Crippen LogP contribution in [0.2, 0.25) is 0 Å². The number of benzene rings is 1. The molecule has 2 unspecified atom stereocenters. The van der Waals surface area contributed by atoms with Crippen LogP contribution in [0.15, 0.2) is 24.3 Å². The van der Waals surface area contributed by atoms with Crippen molar-refractivity contribution >= 4 is 15.7 Å². The molecule has 0 saturated carbocycles. The predicted octanol–water partition coefficient (Wildman–Crippen LogP) is 1.13. The zero-order chi connectivity index (χ0) is 15.3. The molecule has 21 heavy (non-hydrogen) atoms.